The van der Waals surface area contributed by atoms with Crippen molar-refractivity contribution in [2.75, 3.05) is 0 Å². The molecule has 2 heteroatoms. The fourth-order valence-corrected chi connectivity index (χ4v) is 7.89. The summed E-state index contributed by atoms with van der Waals surface area (Å²) < 4.78 is 0. The van der Waals surface area contributed by atoms with Crippen molar-refractivity contribution in [1.29, 1.82) is 0 Å². The molecule has 1 unspecified atom stereocenters. The van der Waals surface area contributed by atoms with E-state index in [1.807, 2.05) is 0 Å². The van der Waals surface area contributed by atoms with Crippen LogP contribution in [0.5, 0.6) is 0 Å². The molecule has 0 spiro atoms. The Morgan fingerprint density at radius 3 is 1.72 bits per heavy atom. The molecule has 1 atom stereocenters. The van der Waals surface area contributed by atoms with Gasteiger partial charge in [0.1, 0.15) is 14.2 Å². The van der Waals surface area contributed by atoms with Crippen LogP contribution in [-0.4, -0.2) is 19.3 Å². The van der Waals surface area contributed by atoms with Crippen LogP contribution in [0.3, 0.4) is 0 Å². The molecule has 0 aromatic heterocycles. The Bertz CT molecular complexity index is 363. The Morgan fingerprint density at radius 2 is 1.39 bits per heavy atom. The van der Waals surface area contributed by atoms with Gasteiger partial charge in [-0.3, -0.25) is 0 Å². The van der Waals surface area contributed by atoms with Crippen LogP contribution < -0.4 is 0 Å². The molecule has 0 saturated heterocycles. The van der Waals surface area contributed by atoms with Crippen molar-refractivity contribution in [3.05, 3.63) is 12.7 Å². The molecule has 0 aliphatic heterocycles. The van der Waals surface area contributed by atoms with Crippen molar-refractivity contribution < 1.29 is 5.11 Å². The molecular formula is C16H26OSi. The van der Waals surface area contributed by atoms with E-state index in [0.717, 1.165) is 0 Å². The molecule has 0 radical (unpaired) electrons. The van der Waals surface area contributed by atoms with E-state index in [2.05, 4.69) is 71.4 Å². The molecule has 0 saturated carbocycles. The zero-order valence-corrected chi connectivity index (χ0v) is 13.5. The van der Waals surface area contributed by atoms with E-state index in [-0.39, 0.29) is 0 Å². The van der Waals surface area contributed by atoms with Gasteiger partial charge >= 0.3 is 0 Å². The first-order chi connectivity index (χ1) is 8.28. The summed E-state index contributed by atoms with van der Waals surface area (Å²) in [5.74, 6) is 8.39. The highest BCUT2D eigenvalue weighted by Gasteiger charge is 2.41. The maximum absolute atomic E-state index is 9.27. The highest BCUT2D eigenvalue weighted by molar-refractivity contribution is 6.90. The summed E-state index contributed by atoms with van der Waals surface area (Å²) in [4.78, 5) is 0. The molecule has 0 aliphatic carbocycles. The smallest absolute Gasteiger partial charge is 0.147 e. The van der Waals surface area contributed by atoms with Crippen molar-refractivity contribution >= 4 is 8.07 Å². The first-order valence-corrected chi connectivity index (χ1v) is 8.85. The Labute approximate surface area is 114 Å². The van der Waals surface area contributed by atoms with E-state index in [9.17, 15) is 5.11 Å². The van der Waals surface area contributed by atoms with Gasteiger partial charge in [-0.25, -0.2) is 0 Å². The van der Waals surface area contributed by atoms with Crippen LogP contribution in [-0.2, 0) is 0 Å². The van der Waals surface area contributed by atoms with Crippen LogP contribution in [0, 0.1) is 23.3 Å². The van der Waals surface area contributed by atoms with E-state index in [4.69, 9.17) is 0 Å². The molecule has 0 aliphatic rings. The van der Waals surface area contributed by atoms with Crippen LogP contribution in [0.2, 0.25) is 16.6 Å². The molecule has 0 amide bonds. The predicted molar refractivity (Wildman–Crippen MR) is 82.8 cm³/mol. The van der Waals surface area contributed by atoms with E-state index < -0.39 is 14.2 Å². The van der Waals surface area contributed by atoms with Gasteiger partial charge in [-0.05, 0) is 28.5 Å². The third-order valence-corrected chi connectivity index (χ3v) is 9.94. The van der Waals surface area contributed by atoms with Crippen molar-refractivity contribution in [2.45, 2.75) is 64.3 Å². The van der Waals surface area contributed by atoms with Gasteiger partial charge in [0.05, 0.1) is 0 Å². The molecule has 1 N–H and O–H groups in total. The molecular weight excluding hydrogens is 236 g/mol. The summed E-state index contributed by atoms with van der Waals surface area (Å²) in [6.45, 7) is 17.1. The second-order valence-corrected chi connectivity index (χ2v) is 11.2. The van der Waals surface area contributed by atoms with Gasteiger partial charge in [0.2, 0.25) is 0 Å². The number of aliphatic hydroxyl groups is 1. The summed E-state index contributed by atoms with van der Waals surface area (Å²) in [5, 5.41) is 9.27. The fraction of sp³-hybridized carbons (Fsp3) is 0.625. The normalized spacial score (nSPS) is 12.8. The van der Waals surface area contributed by atoms with Crippen LogP contribution in [0.4, 0.5) is 0 Å². The Hall–Kier alpha value is -0.963. The minimum atomic E-state index is -1.68. The summed E-state index contributed by atoms with van der Waals surface area (Å²) in [5.41, 5.74) is 5.30. The molecule has 0 aromatic carbocycles. The van der Waals surface area contributed by atoms with Gasteiger partial charge in [-0.1, -0.05) is 60.1 Å². The zero-order valence-electron chi connectivity index (χ0n) is 12.5. The average molecular weight is 262 g/mol. The van der Waals surface area contributed by atoms with Crippen LogP contribution in [0.25, 0.3) is 0 Å². The fourth-order valence-electron chi connectivity index (χ4n) is 2.74. The van der Waals surface area contributed by atoms with E-state index >= 15 is 0 Å². The van der Waals surface area contributed by atoms with Crippen molar-refractivity contribution in [3.8, 4) is 23.3 Å². The lowest BCUT2D eigenvalue weighted by molar-refractivity contribution is 0.281. The Morgan fingerprint density at radius 1 is 0.944 bits per heavy atom. The lowest BCUT2D eigenvalue weighted by Gasteiger charge is -2.37. The monoisotopic (exact) mass is 262 g/mol. The summed E-state index contributed by atoms with van der Waals surface area (Å²) >= 11 is 0. The van der Waals surface area contributed by atoms with E-state index in [0.29, 0.717) is 16.6 Å². The average Bonchev–Trinajstić information content (AvgIpc) is 2.27. The number of hydrogen-bond donors (Lipinski definition) is 1. The van der Waals surface area contributed by atoms with E-state index in [1.54, 1.807) is 0 Å². The first-order valence-electron chi connectivity index (χ1n) is 6.62. The standard InChI is InChI=1S/C16H26OSi/c1-8-16(17)11-9-10-12-18(13(2)3,14(4)5)15(6)7/h8,13-17H,1H2,2-7H3. The molecule has 0 fully saturated rings. The molecule has 100 valence electrons. The molecule has 0 heterocycles. The van der Waals surface area contributed by atoms with Gasteiger partial charge < -0.3 is 5.11 Å². The molecule has 18 heavy (non-hydrogen) atoms. The van der Waals surface area contributed by atoms with Crippen LogP contribution in [0.1, 0.15) is 41.5 Å². The summed E-state index contributed by atoms with van der Waals surface area (Å²) in [6, 6.07) is 0. The second kappa shape index (κ2) is 7.47. The second-order valence-electron chi connectivity index (χ2n) is 5.60. The maximum atomic E-state index is 9.27. The summed E-state index contributed by atoms with van der Waals surface area (Å²) in [6.07, 6.45) is 0.639. The third-order valence-electron chi connectivity index (χ3n) is 3.65. The minimum absolute atomic E-state index is 0.608. The first kappa shape index (κ1) is 17.0. The topological polar surface area (TPSA) is 20.2 Å². The molecule has 1 nitrogen and oxygen atoms in total. The number of aliphatic hydroxyl groups excluding tert-OH is 1. The zero-order chi connectivity index (χ0) is 14.3. The molecule has 0 aromatic rings. The highest BCUT2D eigenvalue weighted by Crippen LogP contribution is 2.40. The quantitative estimate of drug-likeness (QED) is 0.465. The Kier molecular flexibility index (Phi) is 7.07. The van der Waals surface area contributed by atoms with Gasteiger partial charge in [-0.15, -0.1) is 5.54 Å². The van der Waals surface area contributed by atoms with Gasteiger partial charge in [0.15, 0.2) is 0 Å². The predicted octanol–water partition coefficient (Wildman–Crippen LogP) is 3.76. The van der Waals surface area contributed by atoms with Crippen molar-refractivity contribution in [2.24, 2.45) is 0 Å². The Balaban J connectivity index is 5.30. The van der Waals surface area contributed by atoms with E-state index in [1.165, 1.54) is 6.08 Å². The van der Waals surface area contributed by atoms with Crippen molar-refractivity contribution in [3.63, 3.8) is 0 Å². The highest BCUT2D eigenvalue weighted by atomic mass is 28.3. The van der Waals surface area contributed by atoms with Crippen LogP contribution in [0.15, 0.2) is 12.7 Å². The molecule has 0 rings (SSSR count). The van der Waals surface area contributed by atoms with Gasteiger partial charge in [0.25, 0.3) is 0 Å². The lowest BCUT2D eigenvalue weighted by atomic mass is 10.3. The maximum Gasteiger partial charge on any atom is 0.147 e. The minimum Gasteiger partial charge on any atom is -0.377 e. The van der Waals surface area contributed by atoms with Crippen molar-refractivity contribution in [1.82, 2.24) is 0 Å². The summed E-state index contributed by atoms with van der Waals surface area (Å²) in [7, 11) is -1.68. The van der Waals surface area contributed by atoms with Crippen LogP contribution >= 0.6 is 0 Å². The van der Waals surface area contributed by atoms with Gasteiger partial charge in [-0.2, -0.15) is 0 Å². The molecule has 0 bridgehead atoms. The third kappa shape index (κ3) is 4.05. The number of hydrogen-bond acceptors (Lipinski definition) is 1. The number of rotatable bonds is 4. The SMILES string of the molecule is C=CC(O)C#CC#C[Si](C(C)C)(C(C)C)C(C)C. The lowest BCUT2D eigenvalue weighted by Crippen LogP contribution is -2.43. The largest absolute Gasteiger partial charge is 0.377 e. The van der Waals surface area contributed by atoms with Gasteiger partial charge in [0, 0.05) is 0 Å².